The molecule has 0 saturated carbocycles. The summed E-state index contributed by atoms with van der Waals surface area (Å²) in [6.45, 7) is 0. The molecule has 0 aliphatic carbocycles. The van der Waals surface area contributed by atoms with Crippen LogP contribution in [0.25, 0.3) is 0 Å². The van der Waals surface area contributed by atoms with E-state index in [2.05, 4.69) is 31.5 Å². The minimum absolute atomic E-state index is 0.148. The predicted octanol–water partition coefficient (Wildman–Crippen LogP) is 4.90. The van der Waals surface area contributed by atoms with E-state index >= 15 is 0 Å². The number of hydrogen-bond acceptors (Lipinski definition) is 4. The molecule has 0 aliphatic heterocycles. The number of benzene rings is 2. The normalized spacial score (nSPS) is 10.2. The van der Waals surface area contributed by atoms with E-state index in [1.54, 1.807) is 18.3 Å². The largest absolute Gasteiger partial charge is 0.332 e. The van der Waals surface area contributed by atoms with Crippen LogP contribution in [-0.4, -0.2) is 10.9 Å². The number of nitrogens with one attached hydrogen (secondary N) is 2. The van der Waals surface area contributed by atoms with Crippen LogP contribution in [0.4, 0.5) is 16.5 Å². The fourth-order valence-corrected chi connectivity index (χ4v) is 2.70. The molecule has 4 nitrogen and oxygen atoms in total. The molecule has 22 heavy (non-hydrogen) atoms. The van der Waals surface area contributed by atoms with Crippen LogP contribution in [0.3, 0.4) is 0 Å². The first-order valence-corrected chi connectivity index (χ1v) is 8.21. The van der Waals surface area contributed by atoms with Gasteiger partial charge in [0, 0.05) is 33.0 Å². The number of hydrogen-bond donors (Lipinski definition) is 2. The monoisotopic (exact) mass is 373 g/mol. The van der Waals surface area contributed by atoms with Gasteiger partial charge in [-0.25, -0.2) is 4.98 Å². The van der Waals surface area contributed by atoms with Gasteiger partial charge in [0.1, 0.15) is 0 Å². The summed E-state index contributed by atoms with van der Waals surface area (Å²) >= 11 is 4.88. The van der Waals surface area contributed by atoms with Gasteiger partial charge in [-0.1, -0.05) is 22.0 Å². The average molecular weight is 374 g/mol. The van der Waals surface area contributed by atoms with Crippen molar-refractivity contribution in [1.82, 2.24) is 4.98 Å². The first kappa shape index (κ1) is 14.7. The summed E-state index contributed by atoms with van der Waals surface area (Å²) in [5.41, 5.74) is 2.18. The van der Waals surface area contributed by atoms with Crippen LogP contribution in [-0.2, 0) is 0 Å². The zero-order valence-corrected chi connectivity index (χ0v) is 13.8. The Morgan fingerprint density at radius 1 is 1.09 bits per heavy atom. The van der Waals surface area contributed by atoms with Gasteiger partial charge in [-0.15, -0.1) is 11.3 Å². The lowest BCUT2D eigenvalue weighted by molar-refractivity contribution is 0.102. The molecule has 1 aromatic heterocycles. The number of carbonyl (C=O) groups excluding carboxylic acids is 1. The van der Waals surface area contributed by atoms with Gasteiger partial charge < -0.3 is 10.6 Å². The number of nitrogens with zero attached hydrogens (tertiary/aromatic N) is 1. The molecule has 0 bridgehead atoms. The Hall–Kier alpha value is -2.18. The molecule has 1 amide bonds. The van der Waals surface area contributed by atoms with Gasteiger partial charge in [-0.2, -0.15) is 0 Å². The molecule has 110 valence electrons. The highest BCUT2D eigenvalue weighted by Crippen LogP contribution is 2.20. The standard InChI is InChI=1S/C16H12BrN3OS/c17-12-4-6-13(7-5-12)19-15(21)11-2-1-3-14(10-11)20-16-18-8-9-22-16/h1-10H,(H,18,20)(H,19,21). The molecular formula is C16H12BrN3OS. The van der Waals surface area contributed by atoms with E-state index in [-0.39, 0.29) is 5.91 Å². The molecule has 3 rings (SSSR count). The number of amides is 1. The molecule has 0 aliphatic rings. The van der Waals surface area contributed by atoms with Crippen molar-refractivity contribution in [2.24, 2.45) is 0 Å². The lowest BCUT2D eigenvalue weighted by Crippen LogP contribution is -2.11. The highest BCUT2D eigenvalue weighted by molar-refractivity contribution is 9.10. The number of halogens is 1. The van der Waals surface area contributed by atoms with Crippen molar-refractivity contribution in [3.05, 3.63) is 70.1 Å². The smallest absolute Gasteiger partial charge is 0.255 e. The van der Waals surface area contributed by atoms with Gasteiger partial charge in [0.05, 0.1) is 0 Å². The summed E-state index contributed by atoms with van der Waals surface area (Å²) in [4.78, 5) is 16.5. The number of aromatic nitrogens is 1. The Bertz CT molecular complexity index is 772. The van der Waals surface area contributed by atoms with Crippen molar-refractivity contribution in [2.45, 2.75) is 0 Å². The summed E-state index contributed by atoms with van der Waals surface area (Å²) in [5, 5.41) is 8.73. The molecule has 3 aromatic rings. The van der Waals surface area contributed by atoms with Gasteiger partial charge in [-0.3, -0.25) is 4.79 Å². The Morgan fingerprint density at radius 2 is 1.91 bits per heavy atom. The second-order valence-corrected chi connectivity index (χ2v) is 6.31. The summed E-state index contributed by atoms with van der Waals surface area (Å²) in [5.74, 6) is -0.148. The van der Waals surface area contributed by atoms with E-state index in [0.717, 1.165) is 21.0 Å². The second kappa shape index (κ2) is 6.72. The SMILES string of the molecule is O=C(Nc1ccc(Br)cc1)c1cccc(Nc2nccs2)c1. The molecule has 0 saturated heterocycles. The predicted molar refractivity (Wildman–Crippen MR) is 93.9 cm³/mol. The van der Waals surface area contributed by atoms with Crippen LogP contribution < -0.4 is 10.6 Å². The van der Waals surface area contributed by atoms with E-state index in [1.807, 2.05) is 41.8 Å². The van der Waals surface area contributed by atoms with Gasteiger partial charge in [-0.05, 0) is 42.5 Å². The maximum absolute atomic E-state index is 12.3. The van der Waals surface area contributed by atoms with Crippen molar-refractivity contribution >= 4 is 49.7 Å². The van der Waals surface area contributed by atoms with Crippen LogP contribution in [0.1, 0.15) is 10.4 Å². The first-order valence-electron chi connectivity index (χ1n) is 6.54. The number of rotatable bonds is 4. The molecule has 2 N–H and O–H groups in total. The van der Waals surface area contributed by atoms with E-state index < -0.39 is 0 Å². The minimum Gasteiger partial charge on any atom is -0.332 e. The van der Waals surface area contributed by atoms with Crippen LogP contribution in [0.5, 0.6) is 0 Å². The third-order valence-corrected chi connectivity index (χ3v) is 4.13. The van der Waals surface area contributed by atoms with E-state index in [9.17, 15) is 4.79 Å². The van der Waals surface area contributed by atoms with Crippen molar-refractivity contribution in [3.63, 3.8) is 0 Å². The topological polar surface area (TPSA) is 54.0 Å². The molecule has 0 fully saturated rings. The fraction of sp³-hybridized carbons (Fsp3) is 0. The van der Waals surface area contributed by atoms with Gasteiger partial charge >= 0.3 is 0 Å². The van der Waals surface area contributed by atoms with E-state index in [0.29, 0.717) is 5.56 Å². The number of anilines is 3. The van der Waals surface area contributed by atoms with Crippen LogP contribution in [0.15, 0.2) is 64.6 Å². The Morgan fingerprint density at radius 3 is 2.64 bits per heavy atom. The minimum atomic E-state index is -0.148. The van der Waals surface area contributed by atoms with Crippen molar-refractivity contribution < 1.29 is 4.79 Å². The maximum atomic E-state index is 12.3. The molecule has 0 atom stereocenters. The third-order valence-electron chi connectivity index (χ3n) is 2.91. The lowest BCUT2D eigenvalue weighted by Gasteiger charge is -2.07. The highest BCUT2D eigenvalue weighted by atomic mass is 79.9. The lowest BCUT2D eigenvalue weighted by atomic mass is 10.2. The van der Waals surface area contributed by atoms with E-state index in [1.165, 1.54) is 11.3 Å². The number of thiazole rings is 1. The molecule has 1 heterocycles. The van der Waals surface area contributed by atoms with Crippen LogP contribution >= 0.6 is 27.3 Å². The quantitative estimate of drug-likeness (QED) is 0.683. The Balaban J connectivity index is 1.73. The Labute approximate surface area is 140 Å². The maximum Gasteiger partial charge on any atom is 0.255 e. The second-order valence-electron chi connectivity index (χ2n) is 4.50. The van der Waals surface area contributed by atoms with Gasteiger partial charge in [0.15, 0.2) is 5.13 Å². The van der Waals surface area contributed by atoms with Crippen molar-refractivity contribution in [2.75, 3.05) is 10.6 Å². The molecule has 0 radical (unpaired) electrons. The molecule has 2 aromatic carbocycles. The molecule has 0 spiro atoms. The van der Waals surface area contributed by atoms with Gasteiger partial charge in [0.25, 0.3) is 5.91 Å². The average Bonchev–Trinajstić information content (AvgIpc) is 3.03. The van der Waals surface area contributed by atoms with Crippen molar-refractivity contribution in [3.8, 4) is 0 Å². The highest BCUT2D eigenvalue weighted by Gasteiger charge is 2.07. The fourth-order valence-electron chi connectivity index (χ4n) is 1.88. The summed E-state index contributed by atoms with van der Waals surface area (Å²) in [6, 6.07) is 14.8. The first-order chi connectivity index (χ1) is 10.7. The molecule has 0 unspecified atom stereocenters. The third kappa shape index (κ3) is 3.72. The zero-order chi connectivity index (χ0) is 15.4. The summed E-state index contributed by atoms with van der Waals surface area (Å²) in [7, 11) is 0. The van der Waals surface area contributed by atoms with E-state index in [4.69, 9.17) is 0 Å². The summed E-state index contributed by atoms with van der Waals surface area (Å²) < 4.78 is 0.972. The number of carbonyl (C=O) groups is 1. The molecule has 6 heteroatoms. The zero-order valence-electron chi connectivity index (χ0n) is 11.4. The van der Waals surface area contributed by atoms with Crippen LogP contribution in [0.2, 0.25) is 0 Å². The van der Waals surface area contributed by atoms with Gasteiger partial charge in [0.2, 0.25) is 0 Å². The van der Waals surface area contributed by atoms with Crippen LogP contribution in [0, 0.1) is 0 Å². The summed E-state index contributed by atoms with van der Waals surface area (Å²) in [6.07, 6.45) is 1.73. The Kier molecular flexibility index (Phi) is 4.50. The molecular weight excluding hydrogens is 362 g/mol. The van der Waals surface area contributed by atoms with Crippen molar-refractivity contribution in [1.29, 1.82) is 0 Å².